The fourth-order valence-electron chi connectivity index (χ4n) is 2.44. The molecule has 17 heavy (non-hydrogen) atoms. The first kappa shape index (κ1) is 12.1. The van der Waals surface area contributed by atoms with Crippen molar-refractivity contribution in [2.24, 2.45) is 5.92 Å². The zero-order chi connectivity index (χ0) is 12.4. The minimum atomic E-state index is 0.144. The third-order valence-electron chi connectivity index (χ3n) is 3.30. The molecule has 1 aromatic rings. The maximum Gasteiger partial charge on any atom is 0.167 e. The topological polar surface area (TPSA) is 29.5 Å². The second-order valence-corrected chi connectivity index (χ2v) is 4.89. The fourth-order valence-corrected chi connectivity index (χ4v) is 2.44. The molecule has 0 N–H and O–H groups in total. The van der Waals surface area contributed by atoms with E-state index < -0.39 is 0 Å². The van der Waals surface area contributed by atoms with Crippen molar-refractivity contribution in [3.8, 4) is 5.75 Å². The molecule has 1 aromatic carbocycles. The van der Waals surface area contributed by atoms with Gasteiger partial charge in [-0.3, -0.25) is 4.79 Å². The minimum Gasteiger partial charge on any atom is -0.497 e. The molecule has 0 amide bonds. The first-order chi connectivity index (χ1) is 8.11. The van der Waals surface area contributed by atoms with Gasteiger partial charge in [0.25, 0.3) is 0 Å². The third kappa shape index (κ3) is 2.50. The van der Waals surface area contributed by atoms with E-state index in [0.29, 0.717) is 0 Å². The van der Waals surface area contributed by atoms with Crippen LogP contribution in [0.4, 0.5) is 0 Å². The summed E-state index contributed by atoms with van der Waals surface area (Å²) in [5, 5.41) is 0. The normalized spacial score (nSPS) is 19.3. The molecular weight excluding hydrogens is 214 g/mol. The standard InChI is InChI=1S/C14H19NO2/c1-15(2)9-11-5-4-10-8-12(17-3)6-7-13(10)14(11)16/h6-8,11H,4-5,9H2,1-3H3/t11-/m0/s1. The summed E-state index contributed by atoms with van der Waals surface area (Å²) < 4.78 is 5.19. The van der Waals surface area contributed by atoms with Gasteiger partial charge >= 0.3 is 0 Å². The van der Waals surface area contributed by atoms with Gasteiger partial charge in [-0.25, -0.2) is 0 Å². The number of ether oxygens (including phenoxy) is 1. The number of carbonyl (C=O) groups excluding carboxylic acids is 1. The Labute approximate surface area is 102 Å². The number of ketones is 1. The fraction of sp³-hybridized carbons (Fsp3) is 0.500. The summed E-state index contributed by atoms with van der Waals surface area (Å²) in [6.45, 7) is 0.838. The monoisotopic (exact) mass is 233 g/mol. The van der Waals surface area contributed by atoms with Gasteiger partial charge < -0.3 is 9.64 Å². The number of fused-ring (bicyclic) bond motifs is 1. The summed E-state index contributed by atoms with van der Waals surface area (Å²) in [5.41, 5.74) is 2.01. The van der Waals surface area contributed by atoms with Gasteiger partial charge in [-0.2, -0.15) is 0 Å². The number of carbonyl (C=O) groups is 1. The lowest BCUT2D eigenvalue weighted by Gasteiger charge is -2.25. The molecule has 0 radical (unpaired) electrons. The highest BCUT2D eigenvalue weighted by molar-refractivity contribution is 6.00. The average molecular weight is 233 g/mol. The number of hydrogen-bond donors (Lipinski definition) is 0. The molecule has 1 aliphatic carbocycles. The van der Waals surface area contributed by atoms with Gasteiger partial charge in [-0.1, -0.05) is 0 Å². The highest BCUT2D eigenvalue weighted by atomic mass is 16.5. The van der Waals surface area contributed by atoms with E-state index in [9.17, 15) is 4.79 Å². The second kappa shape index (κ2) is 4.88. The van der Waals surface area contributed by atoms with Gasteiger partial charge in [0.1, 0.15) is 5.75 Å². The highest BCUT2D eigenvalue weighted by Gasteiger charge is 2.27. The number of rotatable bonds is 3. The molecule has 0 saturated carbocycles. The van der Waals surface area contributed by atoms with Crippen LogP contribution in [0.15, 0.2) is 18.2 Å². The van der Waals surface area contributed by atoms with E-state index in [1.165, 1.54) is 0 Å². The van der Waals surface area contributed by atoms with Crippen LogP contribution in [0.1, 0.15) is 22.3 Å². The van der Waals surface area contributed by atoms with Crippen LogP contribution in [0.25, 0.3) is 0 Å². The van der Waals surface area contributed by atoms with Crippen molar-refractivity contribution in [3.63, 3.8) is 0 Å². The number of methoxy groups -OCH3 is 1. The number of aryl methyl sites for hydroxylation is 1. The first-order valence-electron chi connectivity index (χ1n) is 5.97. The van der Waals surface area contributed by atoms with Crippen LogP contribution in [0.2, 0.25) is 0 Å². The molecule has 0 unspecified atom stereocenters. The Kier molecular flexibility index (Phi) is 3.48. The SMILES string of the molecule is COc1ccc2c(c1)CC[C@@H](CN(C)C)C2=O. The van der Waals surface area contributed by atoms with E-state index in [1.807, 2.05) is 32.3 Å². The Balaban J connectivity index is 2.24. The molecule has 3 heteroatoms. The molecule has 0 spiro atoms. The summed E-state index contributed by atoms with van der Waals surface area (Å²) in [5.74, 6) is 1.26. The summed E-state index contributed by atoms with van der Waals surface area (Å²) in [6, 6.07) is 5.76. The molecular formula is C14H19NO2. The number of benzene rings is 1. The van der Waals surface area contributed by atoms with Crippen LogP contribution >= 0.6 is 0 Å². The van der Waals surface area contributed by atoms with Crippen LogP contribution in [0.3, 0.4) is 0 Å². The van der Waals surface area contributed by atoms with Gasteiger partial charge in [-0.15, -0.1) is 0 Å². The molecule has 0 saturated heterocycles. The summed E-state index contributed by atoms with van der Waals surface area (Å²) >= 11 is 0. The Hall–Kier alpha value is -1.35. The summed E-state index contributed by atoms with van der Waals surface area (Å²) in [4.78, 5) is 14.4. The first-order valence-corrected chi connectivity index (χ1v) is 5.97. The molecule has 0 aromatic heterocycles. The van der Waals surface area contributed by atoms with Crippen molar-refractivity contribution in [3.05, 3.63) is 29.3 Å². The van der Waals surface area contributed by atoms with Crippen molar-refractivity contribution >= 4 is 5.78 Å². The van der Waals surface area contributed by atoms with Crippen LogP contribution in [-0.4, -0.2) is 38.4 Å². The van der Waals surface area contributed by atoms with Gasteiger partial charge in [0.15, 0.2) is 5.78 Å². The third-order valence-corrected chi connectivity index (χ3v) is 3.30. The molecule has 2 rings (SSSR count). The average Bonchev–Trinajstić information content (AvgIpc) is 2.32. The molecule has 0 bridgehead atoms. The molecule has 0 fully saturated rings. The zero-order valence-electron chi connectivity index (χ0n) is 10.7. The number of Topliss-reactive ketones (excluding diaryl/α,β-unsaturated/α-hetero) is 1. The highest BCUT2D eigenvalue weighted by Crippen LogP contribution is 2.28. The molecule has 3 nitrogen and oxygen atoms in total. The van der Waals surface area contributed by atoms with Gasteiger partial charge in [-0.05, 0) is 50.7 Å². The minimum absolute atomic E-state index is 0.144. The van der Waals surface area contributed by atoms with Crippen molar-refractivity contribution in [1.29, 1.82) is 0 Å². The van der Waals surface area contributed by atoms with E-state index in [1.54, 1.807) is 7.11 Å². The summed E-state index contributed by atoms with van der Waals surface area (Å²) in [7, 11) is 5.68. The van der Waals surface area contributed by atoms with Gasteiger partial charge in [0, 0.05) is 18.0 Å². The van der Waals surface area contributed by atoms with E-state index in [4.69, 9.17) is 4.74 Å². The number of nitrogens with zero attached hydrogens (tertiary/aromatic N) is 1. The lowest BCUT2D eigenvalue weighted by atomic mass is 9.82. The Bertz CT molecular complexity index is 426. The zero-order valence-corrected chi connectivity index (χ0v) is 10.7. The predicted molar refractivity (Wildman–Crippen MR) is 67.7 cm³/mol. The maximum atomic E-state index is 12.3. The quantitative estimate of drug-likeness (QED) is 0.799. The largest absolute Gasteiger partial charge is 0.497 e. The van der Waals surface area contributed by atoms with Crippen molar-refractivity contribution < 1.29 is 9.53 Å². The van der Waals surface area contributed by atoms with Crippen molar-refractivity contribution in [1.82, 2.24) is 4.90 Å². The Morgan fingerprint density at radius 3 is 2.82 bits per heavy atom. The van der Waals surface area contributed by atoms with Crippen LogP contribution in [0.5, 0.6) is 5.75 Å². The Morgan fingerprint density at radius 2 is 2.18 bits per heavy atom. The maximum absolute atomic E-state index is 12.3. The van der Waals surface area contributed by atoms with Crippen LogP contribution in [0, 0.1) is 5.92 Å². The second-order valence-electron chi connectivity index (χ2n) is 4.89. The van der Waals surface area contributed by atoms with Gasteiger partial charge in [0.2, 0.25) is 0 Å². The van der Waals surface area contributed by atoms with Gasteiger partial charge in [0.05, 0.1) is 7.11 Å². The molecule has 1 atom stereocenters. The van der Waals surface area contributed by atoms with Crippen LogP contribution in [-0.2, 0) is 6.42 Å². The predicted octanol–water partition coefficient (Wildman–Crippen LogP) is 2.00. The molecule has 92 valence electrons. The smallest absolute Gasteiger partial charge is 0.167 e. The van der Waals surface area contributed by atoms with Crippen molar-refractivity contribution in [2.75, 3.05) is 27.7 Å². The molecule has 1 aliphatic rings. The van der Waals surface area contributed by atoms with E-state index >= 15 is 0 Å². The van der Waals surface area contributed by atoms with Crippen LogP contribution < -0.4 is 4.74 Å². The van der Waals surface area contributed by atoms with E-state index in [2.05, 4.69) is 4.90 Å². The van der Waals surface area contributed by atoms with Crippen molar-refractivity contribution in [2.45, 2.75) is 12.8 Å². The van der Waals surface area contributed by atoms with E-state index in [-0.39, 0.29) is 11.7 Å². The lowest BCUT2D eigenvalue weighted by Crippen LogP contribution is -2.31. The number of hydrogen-bond acceptors (Lipinski definition) is 3. The van der Waals surface area contributed by atoms with E-state index in [0.717, 1.165) is 36.3 Å². The summed E-state index contributed by atoms with van der Waals surface area (Å²) in [6.07, 6.45) is 1.91. The lowest BCUT2D eigenvalue weighted by molar-refractivity contribution is 0.0877. The Morgan fingerprint density at radius 1 is 1.41 bits per heavy atom. The molecule has 0 heterocycles. The molecule has 0 aliphatic heterocycles.